The number of rotatable bonds is 9. The maximum atomic E-state index is 12.7. The Kier molecular flexibility index (Phi) is 7.70. The molecule has 0 atom stereocenters. The maximum Gasteiger partial charge on any atom is 0.227 e. The lowest BCUT2D eigenvalue weighted by Crippen LogP contribution is -2.30. The van der Waals surface area contributed by atoms with Crippen molar-refractivity contribution in [1.82, 2.24) is 5.32 Å². The van der Waals surface area contributed by atoms with Gasteiger partial charge in [0.1, 0.15) is 0 Å². The third-order valence-electron chi connectivity index (χ3n) is 3.99. The number of unbranched alkanes of at least 4 members (excludes halogenated alkanes) is 2. The highest BCUT2D eigenvalue weighted by Gasteiger charge is 2.15. The van der Waals surface area contributed by atoms with E-state index in [0.29, 0.717) is 19.5 Å². The maximum absolute atomic E-state index is 12.7. The summed E-state index contributed by atoms with van der Waals surface area (Å²) >= 11 is 0. The number of anilines is 1. The number of benzene rings is 2. The van der Waals surface area contributed by atoms with Crippen LogP contribution in [0.4, 0.5) is 5.69 Å². The van der Waals surface area contributed by atoms with Crippen LogP contribution in [-0.4, -0.2) is 18.4 Å². The Morgan fingerprint density at radius 2 is 1.52 bits per heavy atom. The summed E-state index contributed by atoms with van der Waals surface area (Å²) in [5.41, 5.74) is 2.04. The van der Waals surface area contributed by atoms with Gasteiger partial charge in [-0.1, -0.05) is 55.0 Å². The summed E-state index contributed by atoms with van der Waals surface area (Å²) in [6, 6.07) is 19.8. The van der Waals surface area contributed by atoms with Gasteiger partial charge in [0.2, 0.25) is 11.8 Å². The largest absolute Gasteiger partial charge is 0.356 e. The van der Waals surface area contributed by atoms with Crippen molar-refractivity contribution in [1.29, 1.82) is 0 Å². The molecule has 0 heterocycles. The molecule has 0 spiro atoms. The van der Waals surface area contributed by atoms with Crippen molar-refractivity contribution >= 4 is 17.5 Å². The van der Waals surface area contributed by atoms with Crippen LogP contribution in [0, 0.1) is 0 Å². The summed E-state index contributed by atoms with van der Waals surface area (Å²) in [4.78, 5) is 25.4. The van der Waals surface area contributed by atoms with Crippen molar-refractivity contribution in [3.05, 3.63) is 66.2 Å². The first-order valence-corrected chi connectivity index (χ1v) is 8.80. The standard InChI is InChI=1S/C21H26N2O2/c1-18(24)22-16-10-4-9-15-21(25)23(20-13-7-3-8-14-20)17-19-11-5-2-6-12-19/h2-3,5-8,11-14H,4,9-10,15-17H2,1H3,(H,22,24). The number of hydrogen-bond donors (Lipinski definition) is 1. The van der Waals surface area contributed by atoms with E-state index in [1.165, 1.54) is 6.92 Å². The summed E-state index contributed by atoms with van der Waals surface area (Å²) in [6.45, 7) is 2.77. The number of para-hydroxylation sites is 1. The molecule has 2 aromatic rings. The van der Waals surface area contributed by atoms with Gasteiger partial charge >= 0.3 is 0 Å². The van der Waals surface area contributed by atoms with Gasteiger partial charge in [0.05, 0.1) is 6.54 Å². The van der Waals surface area contributed by atoms with Gasteiger partial charge in [-0.05, 0) is 30.5 Å². The first kappa shape index (κ1) is 18.7. The van der Waals surface area contributed by atoms with Crippen LogP contribution in [-0.2, 0) is 16.1 Å². The molecule has 4 heteroatoms. The van der Waals surface area contributed by atoms with E-state index in [1.54, 1.807) is 0 Å². The lowest BCUT2D eigenvalue weighted by Gasteiger charge is -2.23. The van der Waals surface area contributed by atoms with Gasteiger partial charge in [0.15, 0.2) is 0 Å². The van der Waals surface area contributed by atoms with Crippen molar-refractivity contribution in [2.24, 2.45) is 0 Å². The third-order valence-corrected chi connectivity index (χ3v) is 3.99. The van der Waals surface area contributed by atoms with E-state index in [0.717, 1.165) is 30.5 Å². The average Bonchev–Trinajstić information content (AvgIpc) is 2.63. The molecule has 0 unspecified atom stereocenters. The second-order valence-electron chi connectivity index (χ2n) is 6.09. The lowest BCUT2D eigenvalue weighted by atomic mass is 10.1. The topological polar surface area (TPSA) is 49.4 Å². The smallest absolute Gasteiger partial charge is 0.227 e. The molecule has 25 heavy (non-hydrogen) atoms. The number of hydrogen-bond acceptors (Lipinski definition) is 2. The Balaban J connectivity index is 1.91. The normalized spacial score (nSPS) is 10.3. The van der Waals surface area contributed by atoms with E-state index in [9.17, 15) is 9.59 Å². The average molecular weight is 338 g/mol. The molecule has 0 saturated heterocycles. The fraction of sp³-hybridized carbons (Fsp3) is 0.333. The zero-order valence-electron chi connectivity index (χ0n) is 14.8. The van der Waals surface area contributed by atoms with Gasteiger partial charge in [0.25, 0.3) is 0 Å². The number of carbonyl (C=O) groups excluding carboxylic acids is 2. The fourth-order valence-electron chi connectivity index (χ4n) is 2.67. The van der Waals surface area contributed by atoms with Crippen molar-refractivity contribution in [3.8, 4) is 0 Å². The van der Waals surface area contributed by atoms with Crippen LogP contribution < -0.4 is 10.2 Å². The minimum absolute atomic E-state index is 0.00538. The molecule has 0 aliphatic carbocycles. The van der Waals surface area contributed by atoms with Crippen LogP contribution in [0.25, 0.3) is 0 Å². The minimum atomic E-state index is -0.00538. The van der Waals surface area contributed by atoms with Gasteiger partial charge < -0.3 is 10.2 Å². The van der Waals surface area contributed by atoms with Crippen LogP contribution in [0.15, 0.2) is 60.7 Å². The van der Waals surface area contributed by atoms with Crippen LogP contribution in [0.3, 0.4) is 0 Å². The zero-order chi connectivity index (χ0) is 17.9. The third kappa shape index (κ3) is 6.79. The molecule has 0 bridgehead atoms. The monoisotopic (exact) mass is 338 g/mol. The molecular formula is C21H26N2O2. The number of carbonyl (C=O) groups is 2. The number of nitrogens with zero attached hydrogens (tertiary/aromatic N) is 1. The first-order chi connectivity index (χ1) is 12.2. The van der Waals surface area contributed by atoms with E-state index in [2.05, 4.69) is 5.32 Å². The quantitative estimate of drug-likeness (QED) is 0.705. The minimum Gasteiger partial charge on any atom is -0.356 e. The summed E-state index contributed by atoms with van der Waals surface area (Å²) in [5, 5.41) is 2.78. The Morgan fingerprint density at radius 1 is 0.880 bits per heavy atom. The Hall–Kier alpha value is -2.62. The highest BCUT2D eigenvalue weighted by Crippen LogP contribution is 2.19. The Labute approximate surface area is 149 Å². The predicted molar refractivity (Wildman–Crippen MR) is 101 cm³/mol. The molecule has 2 rings (SSSR count). The highest BCUT2D eigenvalue weighted by atomic mass is 16.2. The van der Waals surface area contributed by atoms with E-state index in [4.69, 9.17) is 0 Å². The molecule has 0 aliphatic heterocycles. The van der Waals surface area contributed by atoms with E-state index in [1.807, 2.05) is 65.6 Å². The van der Waals surface area contributed by atoms with E-state index in [-0.39, 0.29) is 11.8 Å². The van der Waals surface area contributed by atoms with Gasteiger partial charge in [-0.15, -0.1) is 0 Å². The van der Waals surface area contributed by atoms with Gasteiger partial charge in [0, 0.05) is 25.6 Å². The molecule has 0 radical (unpaired) electrons. The molecule has 4 nitrogen and oxygen atoms in total. The predicted octanol–water partition coefficient (Wildman–Crippen LogP) is 3.92. The molecule has 1 N–H and O–H groups in total. The van der Waals surface area contributed by atoms with Crippen molar-refractivity contribution in [2.45, 2.75) is 39.2 Å². The SMILES string of the molecule is CC(=O)NCCCCCC(=O)N(Cc1ccccc1)c1ccccc1. The van der Waals surface area contributed by atoms with E-state index >= 15 is 0 Å². The highest BCUT2D eigenvalue weighted by molar-refractivity contribution is 5.93. The van der Waals surface area contributed by atoms with Gasteiger partial charge in [-0.3, -0.25) is 9.59 Å². The fourth-order valence-corrected chi connectivity index (χ4v) is 2.67. The van der Waals surface area contributed by atoms with Crippen LogP contribution in [0.2, 0.25) is 0 Å². The second-order valence-corrected chi connectivity index (χ2v) is 6.09. The van der Waals surface area contributed by atoms with Gasteiger partial charge in [-0.2, -0.15) is 0 Å². The molecule has 0 aliphatic rings. The molecule has 0 saturated carbocycles. The molecule has 0 aromatic heterocycles. The first-order valence-electron chi connectivity index (χ1n) is 8.80. The van der Waals surface area contributed by atoms with Crippen molar-refractivity contribution in [2.75, 3.05) is 11.4 Å². The van der Waals surface area contributed by atoms with E-state index < -0.39 is 0 Å². The molecule has 2 amide bonds. The molecule has 132 valence electrons. The van der Waals surface area contributed by atoms with Crippen LogP contribution in [0.1, 0.15) is 38.2 Å². The number of amides is 2. The zero-order valence-corrected chi connectivity index (χ0v) is 14.8. The molecule has 2 aromatic carbocycles. The summed E-state index contributed by atoms with van der Waals surface area (Å²) in [5.74, 6) is 0.128. The summed E-state index contributed by atoms with van der Waals surface area (Å²) in [7, 11) is 0. The van der Waals surface area contributed by atoms with Crippen LogP contribution in [0.5, 0.6) is 0 Å². The molecular weight excluding hydrogens is 312 g/mol. The molecule has 0 fully saturated rings. The van der Waals surface area contributed by atoms with Crippen LogP contribution >= 0.6 is 0 Å². The number of nitrogens with one attached hydrogen (secondary N) is 1. The second kappa shape index (κ2) is 10.3. The summed E-state index contributed by atoms with van der Waals surface area (Å²) in [6.07, 6.45) is 3.18. The summed E-state index contributed by atoms with van der Waals surface area (Å²) < 4.78 is 0. The Morgan fingerprint density at radius 3 is 2.16 bits per heavy atom. The van der Waals surface area contributed by atoms with Gasteiger partial charge in [-0.25, -0.2) is 0 Å². The Bertz CT molecular complexity index is 656. The van der Waals surface area contributed by atoms with Crippen molar-refractivity contribution in [3.63, 3.8) is 0 Å². The lowest BCUT2D eigenvalue weighted by molar-refractivity contribution is -0.119. The van der Waals surface area contributed by atoms with Crippen molar-refractivity contribution < 1.29 is 9.59 Å².